The summed E-state index contributed by atoms with van der Waals surface area (Å²) in [4.78, 5) is 24.1. The zero-order chi connectivity index (χ0) is 17.1. The normalized spacial score (nSPS) is 50.3. The molecular weight excluding hydrogens is 302 g/mol. The van der Waals surface area contributed by atoms with Gasteiger partial charge in [-0.25, -0.2) is 0 Å². The molecule has 0 aromatic carbocycles. The lowest BCUT2D eigenvalue weighted by Crippen LogP contribution is -2.61. The number of carbonyl (C=O) groups is 2. The second kappa shape index (κ2) is 5.47. The van der Waals surface area contributed by atoms with Crippen molar-refractivity contribution in [3.63, 3.8) is 0 Å². The number of piperidine rings is 1. The van der Waals surface area contributed by atoms with E-state index in [1.54, 1.807) is 0 Å². The van der Waals surface area contributed by atoms with Crippen LogP contribution in [-0.4, -0.2) is 25.0 Å². The monoisotopic (exact) mass is 333 g/mol. The molecular formula is C20H31NO3. The molecule has 1 N–H and O–H groups in total. The van der Waals surface area contributed by atoms with Gasteiger partial charge in [-0.15, -0.1) is 0 Å². The van der Waals surface area contributed by atoms with Crippen LogP contribution in [0.15, 0.2) is 0 Å². The van der Waals surface area contributed by atoms with Gasteiger partial charge < -0.3 is 10.1 Å². The van der Waals surface area contributed by atoms with E-state index in [0.29, 0.717) is 24.3 Å². The van der Waals surface area contributed by atoms with Gasteiger partial charge in [0.25, 0.3) is 0 Å². The molecule has 4 aliphatic rings. The Bertz CT molecular complexity index is 561. The van der Waals surface area contributed by atoms with Crippen molar-refractivity contribution in [2.45, 2.75) is 71.3 Å². The molecule has 3 saturated carbocycles. The van der Waals surface area contributed by atoms with Crippen LogP contribution in [0, 0.1) is 34.5 Å². The van der Waals surface area contributed by atoms with Gasteiger partial charge in [-0.05, 0) is 73.5 Å². The van der Waals surface area contributed by atoms with E-state index in [0.717, 1.165) is 31.6 Å². The Balaban J connectivity index is 1.61. The molecule has 4 nitrogen and oxygen atoms in total. The van der Waals surface area contributed by atoms with Crippen molar-refractivity contribution in [3.8, 4) is 0 Å². The largest absolute Gasteiger partial charge is 0.469 e. The highest BCUT2D eigenvalue weighted by atomic mass is 16.5. The average Bonchev–Trinajstić information content (AvgIpc) is 2.92. The Morgan fingerprint density at radius 1 is 1.04 bits per heavy atom. The van der Waals surface area contributed by atoms with Crippen LogP contribution in [0.5, 0.6) is 0 Å². The molecule has 1 saturated heterocycles. The van der Waals surface area contributed by atoms with E-state index < -0.39 is 0 Å². The van der Waals surface area contributed by atoms with Gasteiger partial charge in [0.1, 0.15) is 0 Å². The van der Waals surface area contributed by atoms with Crippen molar-refractivity contribution in [2.75, 3.05) is 7.11 Å². The highest BCUT2D eigenvalue weighted by Gasteiger charge is 2.61. The quantitative estimate of drug-likeness (QED) is 0.749. The molecule has 0 aromatic rings. The van der Waals surface area contributed by atoms with E-state index in [2.05, 4.69) is 19.2 Å². The third kappa shape index (κ3) is 2.10. The first-order chi connectivity index (χ1) is 11.4. The SMILES string of the molecule is COC(=O)[C@H]1CC[C@H]2[C@@H]3CC[C@H]4NC(=O)CC[C@]4(C)[C@H]3CC[C@]12C. The lowest BCUT2D eigenvalue weighted by Gasteiger charge is -2.60. The Hall–Kier alpha value is -1.06. The van der Waals surface area contributed by atoms with Gasteiger partial charge in [0.2, 0.25) is 5.91 Å². The van der Waals surface area contributed by atoms with Crippen molar-refractivity contribution < 1.29 is 14.3 Å². The summed E-state index contributed by atoms with van der Waals surface area (Å²) in [6.45, 7) is 4.77. The summed E-state index contributed by atoms with van der Waals surface area (Å²) < 4.78 is 5.12. The zero-order valence-corrected chi connectivity index (χ0v) is 15.3. The minimum Gasteiger partial charge on any atom is -0.469 e. The summed E-state index contributed by atoms with van der Waals surface area (Å²) >= 11 is 0. The third-order valence-electron chi connectivity index (χ3n) is 8.58. The number of esters is 1. The number of ether oxygens (including phenoxy) is 1. The highest BCUT2D eigenvalue weighted by Crippen LogP contribution is 2.65. The van der Waals surface area contributed by atoms with Crippen LogP contribution < -0.4 is 5.32 Å². The number of fused-ring (bicyclic) bond motifs is 5. The molecule has 1 amide bonds. The van der Waals surface area contributed by atoms with E-state index in [1.807, 2.05) is 0 Å². The summed E-state index contributed by atoms with van der Waals surface area (Å²) in [7, 11) is 1.53. The minimum atomic E-state index is 0.00303. The summed E-state index contributed by atoms with van der Waals surface area (Å²) in [5, 5.41) is 3.28. The van der Waals surface area contributed by atoms with Crippen LogP contribution in [0.2, 0.25) is 0 Å². The zero-order valence-electron chi connectivity index (χ0n) is 15.3. The van der Waals surface area contributed by atoms with Gasteiger partial charge in [0, 0.05) is 12.5 Å². The summed E-state index contributed by atoms with van der Waals surface area (Å²) in [6.07, 6.45) is 8.54. The molecule has 1 aliphatic heterocycles. The van der Waals surface area contributed by atoms with Gasteiger partial charge in [0.05, 0.1) is 13.0 Å². The first-order valence-corrected chi connectivity index (χ1v) is 9.77. The number of hydrogen-bond acceptors (Lipinski definition) is 3. The predicted octanol–water partition coefficient (Wildman–Crippen LogP) is 3.30. The van der Waals surface area contributed by atoms with Crippen molar-refractivity contribution in [2.24, 2.45) is 34.5 Å². The maximum Gasteiger partial charge on any atom is 0.309 e. The molecule has 4 heteroatoms. The molecule has 0 spiro atoms. The van der Waals surface area contributed by atoms with Crippen molar-refractivity contribution in [1.82, 2.24) is 5.32 Å². The number of nitrogens with one attached hydrogen (secondary N) is 1. The maximum absolute atomic E-state index is 12.3. The summed E-state index contributed by atoms with van der Waals surface area (Å²) in [6, 6.07) is 0.363. The standard InChI is InChI=1S/C20H31NO3/c1-19-10-8-14-12(13(19)5-6-15(19)18(23)24-3)4-7-16-20(14,2)11-9-17(22)21-16/h12-16H,4-11H2,1-3H3,(H,21,22)/t12-,13-,14-,15+,16+,19-,20+/m0/s1. The molecule has 24 heavy (non-hydrogen) atoms. The fraction of sp³-hybridized carbons (Fsp3) is 0.900. The molecule has 4 rings (SSSR count). The van der Waals surface area contributed by atoms with E-state index in [1.165, 1.54) is 26.4 Å². The van der Waals surface area contributed by atoms with E-state index in [4.69, 9.17) is 4.74 Å². The molecule has 0 aromatic heterocycles. The summed E-state index contributed by atoms with van der Waals surface area (Å²) in [5.74, 6) is 2.40. The van der Waals surface area contributed by atoms with Gasteiger partial charge in [-0.1, -0.05) is 13.8 Å². The Morgan fingerprint density at radius 2 is 1.79 bits per heavy atom. The van der Waals surface area contributed by atoms with Crippen molar-refractivity contribution in [3.05, 3.63) is 0 Å². The van der Waals surface area contributed by atoms with Gasteiger partial charge in [0.15, 0.2) is 0 Å². The first-order valence-electron chi connectivity index (χ1n) is 9.77. The fourth-order valence-electron chi connectivity index (χ4n) is 7.23. The van der Waals surface area contributed by atoms with Gasteiger partial charge in [-0.3, -0.25) is 9.59 Å². The topological polar surface area (TPSA) is 55.4 Å². The second-order valence-corrected chi connectivity index (χ2v) is 9.28. The molecule has 3 aliphatic carbocycles. The molecule has 1 heterocycles. The molecule has 0 bridgehead atoms. The molecule has 4 fully saturated rings. The minimum absolute atomic E-state index is 0.00303. The molecule has 134 valence electrons. The number of carbonyl (C=O) groups excluding carboxylic acids is 2. The van der Waals surface area contributed by atoms with Crippen LogP contribution in [0.25, 0.3) is 0 Å². The fourth-order valence-corrected chi connectivity index (χ4v) is 7.23. The highest BCUT2D eigenvalue weighted by molar-refractivity contribution is 5.77. The number of hydrogen-bond donors (Lipinski definition) is 1. The number of methoxy groups -OCH3 is 1. The Labute approximate surface area is 145 Å². The van der Waals surface area contributed by atoms with Crippen LogP contribution in [0.3, 0.4) is 0 Å². The van der Waals surface area contributed by atoms with E-state index in [-0.39, 0.29) is 28.6 Å². The number of amides is 1. The van der Waals surface area contributed by atoms with Crippen molar-refractivity contribution in [1.29, 1.82) is 0 Å². The molecule has 0 unspecified atom stereocenters. The maximum atomic E-state index is 12.3. The van der Waals surface area contributed by atoms with Crippen molar-refractivity contribution >= 4 is 11.9 Å². The van der Waals surface area contributed by atoms with Crippen LogP contribution in [0.1, 0.15) is 65.2 Å². The van der Waals surface area contributed by atoms with E-state index >= 15 is 0 Å². The Morgan fingerprint density at radius 3 is 2.54 bits per heavy atom. The molecule has 0 radical (unpaired) electrons. The second-order valence-electron chi connectivity index (χ2n) is 9.28. The lowest BCUT2D eigenvalue weighted by atomic mass is 9.47. The average molecular weight is 333 g/mol. The van der Waals surface area contributed by atoms with Gasteiger partial charge in [-0.2, -0.15) is 0 Å². The first kappa shape index (κ1) is 16.4. The predicted molar refractivity (Wildman–Crippen MR) is 91.1 cm³/mol. The Kier molecular flexibility index (Phi) is 3.74. The lowest BCUT2D eigenvalue weighted by molar-refractivity contribution is -0.155. The van der Waals surface area contributed by atoms with Crippen LogP contribution in [0.4, 0.5) is 0 Å². The van der Waals surface area contributed by atoms with Crippen LogP contribution in [-0.2, 0) is 14.3 Å². The smallest absolute Gasteiger partial charge is 0.309 e. The molecule has 7 atom stereocenters. The van der Waals surface area contributed by atoms with E-state index in [9.17, 15) is 9.59 Å². The van der Waals surface area contributed by atoms with Crippen LogP contribution >= 0.6 is 0 Å². The summed E-state index contributed by atoms with van der Waals surface area (Å²) in [5.41, 5.74) is 0.372. The third-order valence-corrected chi connectivity index (χ3v) is 8.58. The number of rotatable bonds is 1. The van der Waals surface area contributed by atoms with Gasteiger partial charge >= 0.3 is 5.97 Å².